The number of allylic oxidation sites excluding steroid dienone is 4. The van der Waals surface area contributed by atoms with Gasteiger partial charge in [0.05, 0.1) is 12.2 Å². The molecule has 0 aromatic heterocycles. The highest BCUT2D eigenvalue weighted by Crippen LogP contribution is 2.69. The van der Waals surface area contributed by atoms with Crippen molar-refractivity contribution >= 4 is 34.8 Å². The van der Waals surface area contributed by atoms with Crippen LogP contribution in [0.3, 0.4) is 0 Å². The first-order valence-electron chi connectivity index (χ1n) is 14.1. The standard InChI is InChI=1S/C31H36Cl2O6/c1-4-5-27-38-26-14-23-22-7-6-17-10-20(34)8-9-29(17,2)28(22)24(35)15-30(23,3)31(26,39-27)25(36)16-37-21-12-18(32)11-19(33)13-21/h8-13,22-24,26-28,35H,4-7,14-16H2,1-3H3/t22?,23?,24-,26-,27?,28?,29?,30?,31+/m0/s1. The van der Waals surface area contributed by atoms with Crippen molar-refractivity contribution in [3.63, 3.8) is 0 Å². The summed E-state index contributed by atoms with van der Waals surface area (Å²) in [6, 6.07) is 4.87. The van der Waals surface area contributed by atoms with Gasteiger partial charge in [0.1, 0.15) is 12.4 Å². The van der Waals surface area contributed by atoms with E-state index in [0.717, 1.165) is 24.8 Å². The van der Waals surface area contributed by atoms with Gasteiger partial charge in [-0.1, -0.05) is 62.0 Å². The predicted octanol–water partition coefficient (Wildman–Crippen LogP) is 6.11. The number of carbonyl (C=O) groups excluding carboxylic acids is 2. The highest BCUT2D eigenvalue weighted by atomic mass is 35.5. The molecular formula is C31H36Cl2O6. The number of halogens is 2. The van der Waals surface area contributed by atoms with Gasteiger partial charge in [0, 0.05) is 26.8 Å². The topological polar surface area (TPSA) is 82.1 Å². The Labute approximate surface area is 239 Å². The number of hydrogen-bond acceptors (Lipinski definition) is 6. The second-order valence-corrected chi connectivity index (χ2v) is 13.3. The quantitative estimate of drug-likeness (QED) is 0.441. The van der Waals surface area contributed by atoms with Gasteiger partial charge in [0.25, 0.3) is 0 Å². The third kappa shape index (κ3) is 4.08. The molecule has 0 amide bonds. The molecule has 210 valence electrons. The van der Waals surface area contributed by atoms with Crippen LogP contribution in [-0.4, -0.2) is 47.4 Å². The molecule has 6 unspecified atom stereocenters. The first-order chi connectivity index (χ1) is 18.5. The molecule has 0 bridgehead atoms. The number of ether oxygens (including phenoxy) is 3. The van der Waals surface area contributed by atoms with Crippen LogP contribution in [0.2, 0.25) is 10.0 Å². The lowest BCUT2D eigenvalue weighted by Crippen LogP contribution is -2.63. The number of aliphatic hydroxyl groups is 1. The van der Waals surface area contributed by atoms with E-state index in [9.17, 15) is 14.7 Å². The lowest BCUT2D eigenvalue weighted by Gasteiger charge is -2.59. The maximum Gasteiger partial charge on any atom is 0.205 e. The SMILES string of the molecule is CCCC1O[C@H]2CC3C4CCC5=CC(=O)C=CC5(C)C4[C@@H](O)CC3(C)[C@]2(C(=O)COc2cc(Cl)cc(Cl)c2)O1. The zero-order chi connectivity index (χ0) is 27.7. The fourth-order valence-electron chi connectivity index (χ4n) is 8.87. The molecule has 6 rings (SSSR count). The Bertz CT molecular complexity index is 1240. The number of Topliss-reactive ketones (excluding diaryl/α,β-unsaturated/α-hetero) is 1. The number of rotatable bonds is 6. The first kappa shape index (κ1) is 27.5. The highest BCUT2D eigenvalue weighted by molar-refractivity contribution is 6.34. The van der Waals surface area contributed by atoms with Crippen molar-refractivity contribution in [2.75, 3.05) is 6.61 Å². The van der Waals surface area contributed by atoms with Crippen LogP contribution in [0, 0.1) is 28.6 Å². The van der Waals surface area contributed by atoms with E-state index in [1.54, 1.807) is 30.4 Å². The van der Waals surface area contributed by atoms with E-state index in [4.69, 9.17) is 37.4 Å². The molecule has 6 nitrogen and oxygen atoms in total. The van der Waals surface area contributed by atoms with Crippen LogP contribution in [0.1, 0.15) is 59.3 Å². The minimum atomic E-state index is -1.22. The summed E-state index contributed by atoms with van der Waals surface area (Å²) in [5, 5.41) is 12.7. The van der Waals surface area contributed by atoms with E-state index in [1.807, 2.05) is 6.08 Å². The van der Waals surface area contributed by atoms with Gasteiger partial charge in [-0.25, -0.2) is 0 Å². The lowest BCUT2D eigenvalue weighted by atomic mass is 9.46. The van der Waals surface area contributed by atoms with E-state index < -0.39 is 29.5 Å². The van der Waals surface area contributed by atoms with Crippen LogP contribution < -0.4 is 4.74 Å². The summed E-state index contributed by atoms with van der Waals surface area (Å²) in [5.41, 5.74) is -1.14. The van der Waals surface area contributed by atoms with Crippen molar-refractivity contribution in [3.05, 3.63) is 52.0 Å². The van der Waals surface area contributed by atoms with Crippen LogP contribution in [-0.2, 0) is 19.1 Å². The van der Waals surface area contributed by atoms with Gasteiger partial charge >= 0.3 is 0 Å². The Morgan fingerprint density at radius 1 is 1.21 bits per heavy atom. The average molecular weight is 576 g/mol. The largest absolute Gasteiger partial charge is 0.486 e. The molecule has 1 aliphatic heterocycles. The van der Waals surface area contributed by atoms with E-state index in [-0.39, 0.29) is 41.3 Å². The first-order valence-corrected chi connectivity index (χ1v) is 14.8. The average Bonchev–Trinajstić information content (AvgIpc) is 3.34. The molecule has 4 fully saturated rings. The Morgan fingerprint density at radius 3 is 2.67 bits per heavy atom. The number of fused-ring (bicyclic) bond motifs is 7. The van der Waals surface area contributed by atoms with Crippen LogP contribution in [0.4, 0.5) is 0 Å². The van der Waals surface area contributed by atoms with Crippen LogP contribution in [0.25, 0.3) is 0 Å². The van der Waals surface area contributed by atoms with Crippen LogP contribution in [0.15, 0.2) is 42.0 Å². The normalized spacial score (nSPS) is 42.3. The molecule has 1 N–H and O–H groups in total. The summed E-state index contributed by atoms with van der Waals surface area (Å²) >= 11 is 12.3. The van der Waals surface area contributed by atoms with Crippen molar-refractivity contribution in [1.29, 1.82) is 0 Å². The summed E-state index contributed by atoms with van der Waals surface area (Å²) in [6.45, 7) is 6.11. The molecule has 1 aromatic carbocycles. The Hall–Kier alpha value is -1.70. The molecule has 5 aliphatic rings. The van der Waals surface area contributed by atoms with Gasteiger partial charge in [-0.05, 0) is 74.3 Å². The minimum absolute atomic E-state index is 0.0146. The molecule has 8 heteroatoms. The van der Waals surface area contributed by atoms with Crippen molar-refractivity contribution in [2.45, 2.75) is 83.4 Å². The Balaban J connectivity index is 1.34. The third-order valence-electron chi connectivity index (χ3n) is 10.4. The maximum absolute atomic E-state index is 14.3. The Kier molecular flexibility index (Phi) is 6.83. The number of aliphatic hydroxyl groups excluding tert-OH is 1. The van der Waals surface area contributed by atoms with Gasteiger partial charge in [-0.3, -0.25) is 9.59 Å². The summed E-state index contributed by atoms with van der Waals surface area (Å²) in [6.07, 6.45) is 8.18. The zero-order valence-corrected chi connectivity index (χ0v) is 24.1. The van der Waals surface area contributed by atoms with E-state index >= 15 is 0 Å². The zero-order valence-electron chi connectivity index (χ0n) is 22.6. The Morgan fingerprint density at radius 2 is 1.95 bits per heavy atom. The smallest absolute Gasteiger partial charge is 0.205 e. The number of hydrogen-bond donors (Lipinski definition) is 1. The van der Waals surface area contributed by atoms with Crippen LogP contribution in [0.5, 0.6) is 5.75 Å². The fourth-order valence-corrected chi connectivity index (χ4v) is 9.38. The van der Waals surface area contributed by atoms with Gasteiger partial charge in [0.2, 0.25) is 5.78 Å². The maximum atomic E-state index is 14.3. The lowest BCUT2D eigenvalue weighted by molar-refractivity contribution is -0.200. The van der Waals surface area contributed by atoms with Crippen LogP contribution >= 0.6 is 23.2 Å². The second kappa shape index (κ2) is 9.70. The summed E-state index contributed by atoms with van der Waals surface area (Å²) in [7, 11) is 0. The van der Waals surface area contributed by atoms with Crippen molar-refractivity contribution in [2.24, 2.45) is 28.6 Å². The summed E-state index contributed by atoms with van der Waals surface area (Å²) in [5.74, 6) is 0.497. The highest BCUT2D eigenvalue weighted by Gasteiger charge is 2.75. The molecule has 4 aliphatic carbocycles. The van der Waals surface area contributed by atoms with Gasteiger partial charge in [0.15, 0.2) is 17.7 Å². The van der Waals surface area contributed by atoms with Gasteiger partial charge < -0.3 is 19.3 Å². The molecule has 9 atom stereocenters. The summed E-state index contributed by atoms with van der Waals surface area (Å²) < 4.78 is 19.1. The number of ketones is 2. The summed E-state index contributed by atoms with van der Waals surface area (Å²) in [4.78, 5) is 26.4. The van der Waals surface area contributed by atoms with E-state index in [0.29, 0.717) is 35.1 Å². The van der Waals surface area contributed by atoms with E-state index in [1.165, 1.54) is 0 Å². The predicted molar refractivity (Wildman–Crippen MR) is 148 cm³/mol. The van der Waals surface area contributed by atoms with Gasteiger partial charge in [-0.2, -0.15) is 0 Å². The molecule has 0 spiro atoms. The molecule has 3 saturated carbocycles. The molecule has 1 aromatic rings. The number of carbonyl (C=O) groups is 2. The van der Waals surface area contributed by atoms with Crippen molar-refractivity contribution in [1.82, 2.24) is 0 Å². The number of benzene rings is 1. The molecule has 1 heterocycles. The molecular weight excluding hydrogens is 539 g/mol. The van der Waals surface area contributed by atoms with Crippen molar-refractivity contribution < 1.29 is 28.9 Å². The third-order valence-corrected chi connectivity index (χ3v) is 10.9. The molecule has 0 radical (unpaired) electrons. The molecule has 39 heavy (non-hydrogen) atoms. The monoisotopic (exact) mass is 574 g/mol. The fraction of sp³-hybridized carbons (Fsp3) is 0.613. The second-order valence-electron chi connectivity index (χ2n) is 12.5. The molecule has 1 saturated heterocycles. The van der Waals surface area contributed by atoms with Crippen molar-refractivity contribution in [3.8, 4) is 5.75 Å². The van der Waals surface area contributed by atoms with Gasteiger partial charge in [-0.15, -0.1) is 0 Å². The van der Waals surface area contributed by atoms with E-state index in [2.05, 4.69) is 20.8 Å². The minimum Gasteiger partial charge on any atom is -0.486 e.